The molecule has 2 aromatic rings. The van der Waals surface area contributed by atoms with Gasteiger partial charge in [0.05, 0.1) is 0 Å². The van der Waals surface area contributed by atoms with Crippen LogP contribution in [0.3, 0.4) is 0 Å². The van der Waals surface area contributed by atoms with E-state index in [0.717, 1.165) is 12.6 Å². The van der Waals surface area contributed by atoms with Gasteiger partial charge in [0.15, 0.2) is 0 Å². The fraction of sp³-hybridized carbons (Fsp3) is 0.375. The molecule has 0 saturated heterocycles. The summed E-state index contributed by atoms with van der Waals surface area (Å²) in [5.41, 5.74) is 1.80. The summed E-state index contributed by atoms with van der Waals surface area (Å²) >= 11 is 1.73. The van der Waals surface area contributed by atoms with E-state index >= 15 is 0 Å². The van der Waals surface area contributed by atoms with E-state index in [-0.39, 0.29) is 6.04 Å². The minimum atomic E-state index is -0.533. The molecule has 0 aliphatic carbocycles. The van der Waals surface area contributed by atoms with E-state index in [0.29, 0.717) is 12.0 Å². The Hall–Kier alpha value is -1.26. The number of rotatable bonds is 5. The number of benzene rings is 1. The predicted molar refractivity (Wildman–Crippen MR) is 80.3 cm³/mol. The molecule has 1 N–H and O–H groups in total. The Morgan fingerprint density at radius 3 is 2.50 bits per heavy atom. The second-order valence-corrected chi connectivity index (χ2v) is 6.23. The van der Waals surface area contributed by atoms with Gasteiger partial charge >= 0.3 is 0 Å². The third-order valence-corrected chi connectivity index (χ3v) is 4.68. The highest BCUT2D eigenvalue weighted by molar-refractivity contribution is 7.12. The van der Waals surface area contributed by atoms with Crippen LogP contribution in [-0.4, -0.2) is 6.54 Å². The van der Waals surface area contributed by atoms with Gasteiger partial charge in [-0.1, -0.05) is 13.0 Å². The van der Waals surface area contributed by atoms with Crippen molar-refractivity contribution >= 4 is 11.3 Å². The van der Waals surface area contributed by atoms with Crippen molar-refractivity contribution in [3.8, 4) is 0 Å². The van der Waals surface area contributed by atoms with Crippen molar-refractivity contribution in [2.75, 3.05) is 6.54 Å². The lowest BCUT2D eigenvalue weighted by molar-refractivity contribution is 0.526. The molecule has 1 aromatic heterocycles. The molecule has 1 aromatic carbocycles. The molecule has 1 unspecified atom stereocenters. The van der Waals surface area contributed by atoms with Crippen LogP contribution in [0.1, 0.15) is 33.8 Å². The molecular formula is C16H19F2NS. The standard InChI is InChI=1S/C16H19F2NS/c1-4-19-15(16-7-10(2)11(3)20-16)8-12-5-6-13(17)9-14(12)18/h5-7,9,15,19H,4,8H2,1-3H3. The van der Waals surface area contributed by atoms with Crippen molar-refractivity contribution in [1.29, 1.82) is 0 Å². The first-order chi connectivity index (χ1) is 9.51. The molecule has 1 heterocycles. The fourth-order valence-electron chi connectivity index (χ4n) is 2.20. The van der Waals surface area contributed by atoms with Crippen LogP contribution >= 0.6 is 11.3 Å². The minimum Gasteiger partial charge on any atom is -0.309 e. The highest BCUT2D eigenvalue weighted by Gasteiger charge is 2.16. The summed E-state index contributed by atoms with van der Waals surface area (Å²) in [5, 5.41) is 3.38. The Kier molecular flexibility index (Phi) is 4.89. The lowest BCUT2D eigenvalue weighted by Crippen LogP contribution is -2.22. The van der Waals surface area contributed by atoms with Gasteiger partial charge in [-0.15, -0.1) is 11.3 Å². The molecule has 0 bridgehead atoms. The zero-order valence-electron chi connectivity index (χ0n) is 12.0. The van der Waals surface area contributed by atoms with Gasteiger partial charge in [-0.2, -0.15) is 0 Å². The maximum atomic E-state index is 13.8. The average Bonchev–Trinajstić information content (AvgIpc) is 2.72. The second kappa shape index (κ2) is 6.46. The SMILES string of the molecule is CCNC(Cc1ccc(F)cc1F)c1cc(C)c(C)s1. The normalized spacial score (nSPS) is 12.7. The monoisotopic (exact) mass is 295 g/mol. The number of hydrogen-bond donors (Lipinski definition) is 1. The Labute approximate surface area is 122 Å². The molecule has 1 nitrogen and oxygen atoms in total. The molecule has 0 radical (unpaired) electrons. The van der Waals surface area contributed by atoms with E-state index in [1.165, 1.54) is 27.5 Å². The van der Waals surface area contributed by atoms with Crippen molar-refractivity contribution < 1.29 is 8.78 Å². The molecule has 0 spiro atoms. The average molecular weight is 295 g/mol. The molecule has 0 saturated carbocycles. The Balaban J connectivity index is 2.25. The van der Waals surface area contributed by atoms with E-state index in [9.17, 15) is 8.78 Å². The number of thiophene rings is 1. The maximum Gasteiger partial charge on any atom is 0.129 e. The quantitative estimate of drug-likeness (QED) is 0.854. The third-order valence-electron chi connectivity index (χ3n) is 3.42. The highest BCUT2D eigenvalue weighted by Crippen LogP contribution is 2.29. The highest BCUT2D eigenvalue weighted by atomic mass is 32.1. The van der Waals surface area contributed by atoms with Crippen molar-refractivity contribution in [3.05, 3.63) is 56.8 Å². The van der Waals surface area contributed by atoms with Gasteiger partial charge in [-0.25, -0.2) is 8.78 Å². The van der Waals surface area contributed by atoms with Crippen LogP contribution in [-0.2, 0) is 6.42 Å². The fourth-order valence-corrected chi connectivity index (χ4v) is 3.32. The molecule has 2 rings (SSSR count). The van der Waals surface area contributed by atoms with Crippen LogP contribution in [0.15, 0.2) is 24.3 Å². The van der Waals surface area contributed by atoms with Gasteiger partial charge < -0.3 is 5.32 Å². The summed E-state index contributed by atoms with van der Waals surface area (Å²) in [6, 6.07) is 6.00. The summed E-state index contributed by atoms with van der Waals surface area (Å²) in [5.74, 6) is -1.01. The Morgan fingerprint density at radius 2 is 1.95 bits per heavy atom. The third kappa shape index (κ3) is 3.44. The molecule has 0 fully saturated rings. The summed E-state index contributed by atoms with van der Waals surface area (Å²) in [6.07, 6.45) is 0.527. The molecule has 0 amide bonds. The van der Waals surface area contributed by atoms with E-state index in [1.807, 2.05) is 6.92 Å². The summed E-state index contributed by atoms with van der Waals surface area (Å²) in [4.78, 5) is 2.48. The van der Waals surface area contributed by atoms with Gasteiger partial charge in [0.2, 0.25) is 0 Å². The first kappa shape index (κ1) is 15.1. The van der Waals surface area contributed by atoms with Crippen LogP contribution in [0.4, 0.5) is 8.78 Å². The Bertz CT molecular complexity index is 573. The molecule has 108 valence electrons. The molecule has 20 heavy (non-hydrogen) atoms. The smallest absolute Gasteiger partial charge is 0.129 e. The number of halogens is 2. The largest absolute Gasteiger partial charge is 0.309 e. The maximum absolute atomic E-state index is 13.8. The zero-order valence-corrected chi connectivity index (χ0v) is 12.8. The Morgan fingerprint density at radius 1 is 1.20 bits per heavy atom. The topological polar surface area (TPSA) is 12.0 Å². The van der Waals surface area contributed by atoms with Crippen LogP contribution in [0.2, 0.25) is 0 Å². The van der Waals surface area contributed by atoms with E-state index in [4.69, 9.17) is 0 Å². The van der Waals surface area contributed by atoms with Crippen LogP contribution in [0.25, 0.3) is 0 Å². The van der Waals surface area contributed by atoms with Crippen LogP contribution in [0, 0.1) is 25.5 Å². The molecule has 0 aliphatic rings. The first-order valence-electron chi connectivity index (χ1n) is 6.75. The number of nitrogens with one attached hydrogen (secondary N) is 1. The molecular weight excluding hydrogens is 276 g/mol. The van der Waals surface area contributed by atoms with Gasteiger partial charge in [0, 0.05) is 21.9 Å². The summed E-state index contributed by atoms with van der Waals surface area (Å²) in [6.45, 7) is 7.01. The summed E-state index contributed by atoms with van der Waals surface area (Å²) < 4.78 is 26.7. The minimum absolute atomic E-state index is 0.0670. The van der Waals surface area contributed by atoms with Gasteiger partial charge in [-0.05, 0) is 50.1 Å². The second-order valence-electron chi connectivity index (χ2n) is 4.94. The zero-order chi connectivity index (χ0) is 14.7. The van der Waals surface area contributed by atoms with Gasteiger partial charge in [0.25, 0.3) is 0 Å². The van der Waals surface area contributed by atoms with Crippen LogP contribution < -0.4 is 5.32 Å². The first-order valence-corrected chi connectivity index (χ1v) is 7.57. The summed E-state index contributed by atoms with van der Waals surface area (Å²) in [7, 11) is 0. The molecule has 0 aliphatic heterocycles. The van der Waals surface area contributed by atoms with E-state index < -0.39 is 11.6 Å². The number of likely N-dealkylation sites (N-methyl/N-ethyl adjacent to an activating group) is 1. The lowest BCUT2D eigenvalue weighted by Gasteiger charge is -2.17. The van der Waals surface area contributed by atoms with Crippen molar-refractivity contribution in [2.24, 2.45) is 0 Å². The van der Waals surface area contributed by atoms with Gasteiger partial charge in [-0.3, -0.25) is 0 Å². The lowest BCUT2D eigenvalue weighted by atomic mass is 10.0. The van der Waals surface area contributed by atoms with Crippen molar-refractivity contribution in [2.45, 2.75) is 33.2 Å². The number of hydrogen-bond acceptors (Lipinski definition) is 2. The number of aryl methyl sites for hydroxylation is 2. The predicted octanol–water partition coefficient (Wildman–Crippen LogP) is 4.54. The van der Waals surface area contributed by atoms with Crippen molar-refractivity contribution in [1.82, 2.24) is 5.32 Å². The van der Waals surface area contributed by atoms with Gasteiger partial charge in [0.1, 0.15) is 11.6 Å². The van der Waals surface area contributed by atoms with E-state index in [1.54, 1.807) is 11.3 Å². The molecule has 1 atom stereocenters. The van der Waals surface area contributed by atoms with Crippen molar-refractivity contribution in [3.63, 3.8) is 0 Å². The van der Waals surface area contributed by atoms with E-state index in [2.05, 4.69) is 25.2 Å². The van der Waals surface area contributed by atoms with Crippen LogP contribution in [0.5, 0.6) is 0 Å². The molecule has 4 heteroatoms.